The first-order chi connectivity index (χ1) is 9.32. The Hall–Kier alpha value is -2.22. The van der Waals surface area contributed by atoms with Gasteiger partial charge in [0.1, 0.15) is 11.9 Å². The number of aliphatic hydroxyl groups excluding tert-OH is 2. The molecule has 0 fully saturated rings. The van der Waals surface area contributed by atoms with Crippen molar-refractivity contribution in [3.63, 3.8) is 0 Å². The SMILES string of the molecule is O=C(O)[C@](O)(C(=O)/C=C/c1ccc(O)cc1)[C@H](O)CO. The Morgan fingerprint density at radius 1 is 1.25 bits per heavy atom. The van der Waals surface area contributed by atoms with E-state index in [-0.39, 0.29) is 5.75 Å². The molecule has 1 aromatic carbocycles. The summed E-state index contributed by atoms with van der Waals surface area (Å²) >= 11 is 0. The van der Waals surface area contributed by atoms with Gasteiger partial charge in [-0.25, -0.2) is 4.79 Å². The summed E-state index contributed by atoms with van der Waals surface area (Å²) in [6.45, 7) is -1.08. The summed E-state index contributed by atoms with van der Waals surface area (Å²) in [4.78, 5) is 22.6. The summed E-state index contributed by atoms with van der Waals surface area (Å²) in [5.74, 6) is -3.22. The highest BCUT2D eigenvalue weighted by molar-refractivity contribution is 6.13. The third-order valence-corrected chi connectivity index (χ3v) is 2.68. The van der Waals surface area contributed by atoms with E-state index in [1.54, 1.807) is 0 Å². The molecule has 1 aromatic rings. The van der Waals surface area contributed by atoms with Crippen molar-refractivity contribution in [2.45, 2.75) is 11.7 Å². The number of aliphatic hydroxyl groups is 3. The fraction of sp³-hybridized carbons (Fsp3) is 0.231. The van der Waals surface area contributed by atoms with Gasteiger partial charge in [0.15, 0.2) is 0 Å². The van der Waals surface area contributed by atoms with E-state index in [0.717, 1.165) is 6.08 Å². The normalized spacial score (nSPS) is 15.8. The molecule has 0 aliphatic heterocycles. The first-order valence-electron chi connectivity index (χ1n) is 5.58. The minimum Gasteiger partial charge on any atom is -0.508 e. The van der Waals surface area contributed by atoms with E-state index >= 15 is 0 Å². The molecule has 5 N–H and O–H groups in total. The summed E-state index contributed by atoms with van der Waals surface area (Å²) in [5.41, 5.74) is -2.63. The van der Waals surface area contributed by atoms with Gasteiger partial charge in [0.05, 0.1) is 6.61 Å². The topological polar surface area (TPSA) is 135 Å². The van der Waals surface area contributed by atoms with E-state index in [2.05, 4.69) is 0 Å². The number of ketones is 1. The molecule has 0 heterocycles. The molecule has 0 amide bonds. The maximum absolute atomic E-state index is 11.7. The third-order valence-electron chi connectivity index (χ3n) is 2.68. The Bertz CT molecular complexity index is 520. The molecule has 7 heteroatoms. The molecule has 7 nitrogen and oxygen atoms in total. The number of carbonyl (C=O) groups excluding carboxylic acids is 1. The molecule has 0 aliphatic carbocycles. The van der Waals surface area contributed by atoms with Crippen LogP contribution >= 0.6 is 0 Å². The van der Waals surface area contributed by atoms with Gasteiger partial charge in [0, 0.05) is 0 Å². The van der Waals surface area contributed by atoms with E-state index in [1.807, 2.05) is 0 Å². The Morgan fingerprint density at radius 2 is 1.80 bits per heavy atom. The number of carboxylic acids is 1. The van der Waals surface area contributed by atoms with E-state index in [1.165, 1.54) is 30.3 Å². The van der Waals surface area contributed by atoms with Crippen molar-refractivity contribution in [1.29, 1.82) is 0 Å². The van der Waals surface area contributed by atoms with Crippen LogP contribution in [-0.2, 0) is 9.59 Å². The number of carboxylic acid groups (broad SMARTS) is 1. The number of rotatable bonds is 6. The molecule has 0 bridgehead atoms. The number of aliphatic carboxylic acids is 1. The van der Waals surface area contributed by atoms with Crippen molar-refractivity contribution in [2.24, 2.45) is 0 Å². The smallest absolute Gasteiger partial charge is 0.346 e. The van der Waals surface area contributed by atoms with E-state index < -0.39 is 30.1 Å². The van der Waals surface area contributed by atoms with Crippen LogP contribution in [0.3, 0.4) is 0 Å². The molecule has 0 spiro atoms. The standard InChI is InChI=1S/C13H14O7/c14-7-11(17)13(20,12(18)19)10(16)6-3-8-1-4-9(15)5-2-8/h1-6,11,14-15,17,20H,7H2,(H,18,19)/b6-3+/t11-,13+/m1/s1. The predicted molar refractivity (Wildman–Crippen MR) is 67.8 cm³/mol. The van der Waals surface area contributed by atoms with Gasteiger partial charge >= 0.3 is 5.97 Å². The van der Waals surface area contributed by atoms with Gasteiger partial charge in [-0.05, 0) is 23.8 Å². The first kappa shape index (κ1) is 15.8. The third kappa shape index (κ3) is 3.21. The minimum atomic E-state index is -3.11. The number of phenolic OH excluding ortho intramolecular Hbond substituents is 1. The molecule has 0 saturated carbocycles. The van der Waals surface area contributed by atoms with Crippen LogP contribution in [0.25, 0.3) is 6.08 Å². The molecular formula is C13H14O7. The monoisotopic (exact) mass is 282 g/mol. The van der Waals surface area contributed by atoms with Gasteiger partial charge in [-0.2, -0.15) is 0 Å². The fourth-order valence-corrected chi connectivity index (χ4v) is 1.43. The summed E-state index contributed by atoms with van der Waals surface area (Å²) in [7, 11) is 0. The lowest BCUT2D eigenvalue weighted by atomic mass is 9.91. The number of phenols is 1. The van der Waals surface area contributed by atoms with Crippen LogP contribution in [0.1, 0.15) is 5.56 Å². The fourth-order valence-electron chi connectivity index (χ4n) is 1.43. The van der Waals surface area contributed by atoms with Crippen molar-refractivity contribution < 1.29 is 35.1 Å². The van der Waals surface area contributed by atoms with E-state index in [4.69, 9.17) is 15.3 Å². The molecule has 2 atom stereocenters. The summed E-state index contributed by atoms with van der Waals surface area (Å²) < 4.78 is 0. The quantitative estimate of drug-likeness (QED) is 0.338. The number of hydrogen-bond donors (Lipinski definition) is 5. The lowest BCUT2D eigenvalue weighted by Crippen LogP contribution is -2.56. The molecule has 20 heavy (non-hydrogen) atoms. The molecular weight excluding hydrogens is 268 g/mol. The lowest BCUT2D eigenvalue weighted by molar-refractivity contribution is -0.178. The average Bonchev–Trinajstić information content (AvgIpc) is 2.44. The predicted octanol–water partition coefficient (Wildman–Crippen LogP) is -0.857. The highest BCUT2D eigenvalue weighted by Crippen LogP contribution is 2.16. The van der Waals surface area contributed by atoms with Gasteiger partial charge in [0.25, 0.3) is 5.60 Å². The number of aromatic hydroxyl groups is 1. The zero-order chi connectivity index (χ0) is 15.3. The second kappa shape index (κ2) is 6.29. The van der Waals surface area contributed by atoms with Crippen LogP contribution in [0, 0.1) is 0 Å². The Balaban J connectivity index is 2.97. The summed E-state index contributed by atoms with van der Waals surface area (Å²) in [5, 5.41) is 45.6. The van der Waals surface area contributed by atoms with Crippen LogP contribution in [0.5, 0.6) is 5.75 Å². The van der Waals surface area contributed by atoms with Crippen molar-refractivity contribution >= 4 is 17.8 Å². The molecule has 1 rings (SSSR count). The molecule has 0 aliphatic rings. The van der Waals surface area contributed by atoms with Crippen molar-refractivity contribution in [3.8, 4) is 5.75 Å². The number of benzene rings is 1. The maximum atomic E-state index is 11.7. The lowest BCUT2D eigenvalue weighted by Gasteiger charge is -2.24. The molecule has 0 radical (unpaired) electrons. The highest BCUT2D eigenvalue weighted by Gasteiger charge is 2.49. The zero-order valence-corrected chi connectivity index (χ0v) is 10.3. The van der Waals surface area contributed by atoms with Crippen LogP contribution in [0.4, 0.5) is 0 Å². The average molecular weight is 282 g/mol. The maximum Gasteiger partial charge on any atom is 0.346 e. The molecule has 108 valence electrons. The van der Waals surface area contributed by atoms with Crippen LogP contribution in [0.15, 0.2) is 30.3 Å². The Kier molecular flexibility index (Phi) is 4.98. The van der Waals surface area contributed by atoms with Gasteiger partial charge in [0.2, 0.25) is 5.78 Å². The van der Waals surface area contributed by atoms with Gasteiger partial charge in [-0.3, -0.25) is 4.79 Å². The van der Waals surface area contributed by atoms with Gasteiger partial charge < -0.3 is 25.5 Å². The number of hydrogen-bond acceptors (Lipinski definition) is 6. The van der Waals surface area contributed by atoms with Crippen LogP contribution in [0.2, 0.25) is 0 Å². The van der Waals surface area contributed by atoms with E-state index in [0.29, 0.717) is 5.56 Å². The minimum absolute atomic E-state index is 0.0196. The van der Waals surface area contributed by atoms with Crippen molar-refractivity contribution in [1.82, 2.24) is 0 Å². The van der Waals surface area contributed by atoms with Crippen molar-refractivity contribution in [3.05, 3.63) is 35.9 Å². The van der Waals surface area contributed by atoms with Crippen LogP contribution in [-0.4, -0.2) is 55.6 Å². The Morgan fingerprint density at radius 3 is 2.25 bits per heavy atom. The van der Waals surface area contributed by atoms with Crippen LogP contribution < -0.4 is 0 Å². The zero-order valence-electron chi connectivity index (χ0n) is 10.3. The van der Waals surface area contributed by atoms with E-state index in [9.17, 15) is 19.8 Å². The summed E-state index contributed by atoms with van der Waals surface area (Å²) in [6.07, 6.45) is -0.156. The number of carbonyl (C=O) groups is 2. The second-order valence-electron chi connectivity index (χ2n) is 4.06. The largest absolute Gasteiger partial charge is 0.508 e. The molecule has 0 unspecified atom stereocenters. The first-order valence-corrected chi connectivity index (χ1v) is 5.58. The Labute approximate surface area is 114 Å². The van der Waals surface area contributed by atoms with Crippen molar-refractivity contribution in [2.75, 3.05) is 6.61 Å². The highest BCUT2D eigenvalue weighted by atomic mass is 16.4. The van der Waals surface area contributed by atoms with Gasteiger partial charge in [-0.15, -0.1) is 0 Å². The van der Waals surface area contributed by atoms with Gasteiger partial charge in [-0.1, -0.05) is 18.2 Å². The summed E-state index contributed by atoms with van der Waals surface area (Å²) in [6, 6.07) is 5.63. The molecule has 0 saturated heterocycles. The molecule has 0 aromatic heterocycles. The second-order valence-corrected chi connectivity index (χ2v) is 4.06.